The van der Waals surface area contributed by atoms with Crippen molar-refractivity contribution in [2.75, 3.05) is 26.3 Å². The summed E-state index contributed by atoms with van der Waals surface area (Å²) in [6.45, 7) is 2.63. The minimum absolute atomic E-state index is 0.142. The molecule has 7 nitrogen and oxygen atoms in total. The Kier molecular flexibility index (Phi) is 4.29. The number of hydrogen-bond donors (Lipinski definition) is 0. The molecule has 0 radical (unpaired) electrons. The maximum Gasteiger partial charge on any atom is 0.227 e. The van der Waals surface area contributed by atoms with E-state index in [4.69, 9.17) is 9.47 Å². The average molecular weight is 342 g/mol. The van der Waals surface area contributed by atoms with E-state index in [1.54, 1.807) is 6.33 Å². The molecule has 0 N–H and O–H groups in total. The second-order valence-electron chi connectivity index (χ2n) is 6.63. The lowest BCUT2D eigenvalue weighted by atomic mass is 9.96. The number of carbonyl (C=O) groups excluding carboxylic acids is 1. The van der Waals surface area contributed by atoms with E-state index < -0.39 is 0 Å². The Morgan fingerprint density at radius 2 is 2.12 bits per heavy atom. The summed E-state index contributed by atoms with van der Waals surface area (Å²) in [6, 6.07) is 5.74. The molecule has 4 rings (SSSR count). The van der Waals surface area contributed by atoms with Crippen molar-refractivity contribution in [3.05, 3.63) is 35.9 Å². The molecule has 0 bridgehead atoms. The number of likely N-dealkylation sites (tertiary alicyclic amines) is 1. The molecule has 2 aliphatic rings. The highest BCUT2D eigenvalue weighted by Crippen LogP contribution is 2.31. The van der Waals surface area contributed by atoms with E-state index in [0.717, 1.165) is 42.3 Å². The van der Waals surface area contributed by atoms with E-state index in [9.17, 15) is 4.79 Å². The van der Waals surface area contributed by atoms with Crippen molar-refractivity contribution in [2.45, 2.75) is 25.2 Å². The van der Waals surface area contributed by atoms with E-state index in [2.05, 4.69) is 10.2 Å². The first-order valence-electron chi connectivity index (χ1n) is 8.71. The number of hydrogen-bond acceptors (Lipinski definition) is 5. The number of benzene rings is 1. The summed E-state index contributed by atoms with van der Waals surface area (Å²) in [4.78, 5) is 14.7. The number of ether oxygens (including phenoxy) is 2. The molecule has 25 heavy (non-hydrogen) atoms. The van der Waals surface area contributed by atoms with Crippen molar-refractivity contribution in [1.82, 2.24) is 19.7 Å². The van der Waals surface area contributed by atoms with Crippen LogP contribution < -0.4 is 9.47 Å². The van der Waals surface area contributed by atoms with Crippen molar-refractivity contribution < 1.29 is 14.3 Å². The van der Waals surface area contributed by atoms with Gasteiger partial charge in [-0.15, -0.1) is 10.2 Å². The molecule has 2 aliphatic heterocycles. The van der Waals surface area contributed by atoms with E-state index in [-0.39, 0.29) is 11.8 Å². The van der Waals surface area contributed by atoms with Crippen molar-refractivity contribution in [2.24, 2.45) is 7.05 Å². The van der Waals surface area contributed by atoms with Crippen molar-refractivity contribution >= 4 is 5.91 Å². The summed E-state index contributed by atoms with van der Waals surface area (Å²) in [6.07, 6.45) is 4.12. The van der Waals surface area contributed by atoms with Gasteiger partial charge in [0, 0.05) is 26.1 Å². The fourth-order valence-electron chi connectivity index (χ4n) is 3.56. The zero-order chi connectivity index (χ0) is 17.2. The summed E-state index contributed by atoms with van der Waals surface area (Å²) in [7, 11) is 1.95. The van der Waals surface area contributed by atoms with Crippen LogP contribution in [0.2, 0.25) is 0 Å². The summed E-state index contributed by atoms with van der Waals surface area (Å²) in [5, 5.41) is 8.17. The Labute approximate surface area is 146 Å². The fraction of sp³-hybridized carbons (Fsp3) is 0.500. The molecule has 1 aromatic heterocycles. The van der Waals surface area contributed by atoms with Gasteiger partial charge >= 0.3 is 0 Å². The monoisotopic (exact) mass is 342 g/mol. The van der Waals surface area contributed by atoms with Crippen LogP contribution in [0.5, 0.6) is 11.5 Å². The molecular formula is C18H22N4O3. The zero-order valence-electron chi connectivity index (χ0n) is 14.4. The highest BCUT2D eigenvalue weighted by atomic mass is 16.6. The van der Waals surface area contributed by atoms with E-state index >= 15 is 0 Å². The topological polar surface area (TPSA) is 69.5 Å². The third-order valence-electron chi connectivity index (χ3n) is 4.85. The van der Waals surface area contributed by atoms with Gasteiger partial charge in [-0.2, -0.15) is 0 Å². The number of aromatic nitrogens is 3. The first kappa shape index (κ1) is 15.9. The van der Waals surface area contributed by atoms with Crippen molar-refractivity contribution in [1.29, 1.82) is 0 Å². The van der Waals surface area contributed by atoms with Crippen LogP contribution in [0.15, 0.2) is 24.5 Å². The van der Waals surface area contributed by atoms with Crippen LogP contribution in [0, 0.1) is 0 Å². The molecule has 0 unspecified atom stereocenters. The Bertz CT molecular complexity index is 773. The van der Waals surface area contributed by atoms with Gasteiger partial charge in [0.25, 0.3) is 0 Å². The molecule has 1 atom stereocenters. The van der Waals surface area contributed by atoms with Crippen LogP contribution in [0.25, 0.3) is 0 Å². The van der Waals surface area contributed by atoms with Gasteiger partial charge in [-0.3, -0.25) is 4.79 Å². The Balaban J connectivity index is 1.43. The lowest BCUT2D eigenvalue weighted by Crippen LogP contribution is -2.40. The predicted octanol–water partition coefficient (Wildman–Crippen LogP) is 1.53. The number of fused-ring (bicyclic) bond motifs is 1. The Morgan fingerprint density at radius 1 is 1.28 bits per heavy atom. The van der Waals surface area contributed by atoms with E-state index in [1.165, 1.54) is 0 Å². The van der Waals surface area contributed by atoms with Crippen molar-refractivity contribution in [3.8, 4) is 11.5 Å². The van der Waals surface area contributed by atoms with Crippen LogP contribution in [0.4, 0.5) is 0 Å². The highest BCUT2D eigenvalue weighted by molar-refractivity contribution is 5.79. The fourth-order valence-corrected chi connectivity index (χ4v) is 3.56. The molecule has 1 fully saturated rings. The standard InChI is InChI=1S/C18H22N4O3/c1-21-12-19-20-18(21)14-3-2-6-22(11-14)17(23)10-13-4-5-15-16(9-13)25-8-7-24-15/h4-5,9,12,14H,2-3,6-8,10-11H2,1H3/t14-/m1/s1. The first-order chi connectivity index (χ1) is 12.2. The summed E-state index contributed by atoms with van der Waals surface area (Å²) < 4.78 is 13.1. The van der Waals surface area contributed by atoms with Crippen LogP contribution in [0.1, 0.15) is 30.1 Å². The number of rotatable bonds is 3. The third-order valence-corrected chi connectivity index (χ3v) is 4.85. The third kappa shape index (κ3) is 3.31. The van der Waals surface area contributed by atoms with Gasteiger partial charge in [0.2, 0.25) is 5.91 Å². The van der Waals surface area contributed by atoms with Crippen LogP contribution in [-0.4, -0.2) is 51.9 Å². The van der Waals surface area contributed by atoms with Crippen LogP contribution >= 0.6 is 0 Å². The minimum atomic E-state index is 0.142. The van der Waals surface area contributed by atoms with Crippen LogP contribution in [-0.2, 0) is 18.3 Å². The average Bonchev–Trinajstić information content (AvgIpc) is 3.08. The van der Waals surface area contributed by atoms with Gasteiger partial charge < -0.3 is 18.9 Å². The van der Waals surface area contributed by atoms with Gasteiger partial charge in [-0.25, -0.2) is 0 Å². The summed E-state index contributed by atoms with van der Waals surface area (Å²) in [5.74, 6) is 2.83. The lowest BCUT2D eigenvalue weighted by Gasteiger charge is -2.32. The van der Waals surface area contributed by atoms with E-state index in [0.29, 0.717) is 26.2 Å². The second kappa shape index (κ2) is 6.74. The maximum atomic E-state index is 12.7. The van der Waals surface area contributed by atoms with Gasteiger partial charge in [-0.1, -0.05) is 6.07 Å². The SMILES string of the molecule is Cn1cnnc1[C@@H]1CCCN(C(=O)Cc2ccc3c(c2)OCCO3)C1. The lowest BCUT2D eigenvalue weighted by molar-refractivity contribution is -0.131. The Hall–Kier alpha value is -2.57. The van der Waals surface area contributed by atoms with Gasteiger partial charge in [-0.05, 0) is 30.5 Å². The maximum absolute atomic E-state index is 12.7. The molecule has 1 saturated heterocycles. The molecular weight excluding hydrogens is 320 g/mol. The molecule has 3 heterocycles. The molecule has 2 aromatic rings. The molecule has 1 aromatic carbocycles. The molecule has 0 saturated carbocycles. The summed E-state index contributed by atoms with van der Waals surface area (Å²) in [5.41, 5.74) is 0.954. The number of aryl methyl sites for hydroxylation is 1. The normalized spacial score (nSPS) is 19.7. The first-order valence-corrected chi connectivity index (χ1v) is 8.71. The molecule has 0 spiro atoms. The quantitative estimate of drug-likeness (QED) is 0.846. The van der Waals surface area contributed by atoms with Gasteiger partial charge in [0.15, 0.2) is 11.5 Å². The van der Waals surface area contributed by atoms with Gasteiger partial charge in [0.1, 0.15) is 25.4 Å². The smallest absolute Gasteiger partial charge is 0.227 e. The van der Waals surface area contributed by atoms with Crippen LogP contribution in [0.3, 0.4) is 0 Å². The number of nitrogens with zero attached hydrogens (tertiary/aromatic N) is 4. The Morgan fingerprint density at radius 3 is 2.92 bits per heavy atom. The number of amides is 1. The zero-order valence-corrected chi connectivity index (χ0v) is 14.4. The molecule has 1 amide bonds. The molecule has 7 heteroatoms. The second-order valence-corrected chi connectivity index (χ2v) is 6.63. The largest absolute Gasteiger partial charge is 0.486 e. The van der Waals surface area contributed by atoms with Crippen molar-refractivity contribution in [3.63, 3.8) is 0 Å². The predicted molar refractivity (Wildman–Crippen MR) is 90.7 cm³/mol. The number of piperidine rings is 1. The number of carbonyl (C=O) groups is 1. The molecule has 132 valence electrons. The van der Waals surface area contributed by atoms with E-state index in [1.807, 2.05) is 34.7 Å². The highest BCUT2D eigenvalue weighted by Gasteiger charge is 2.27. The van der Waals surface area contributed by atoms with Gasteiger partial charge in [0.05, 0.1) is 6.42 Å². The minimum Gasteiger partial charge on any atom is -0.486 e. The molecule has 0 aliphatic carbocycles. The summed E-state index contributed by atoms with van der Waals surface area (Å²) >= 11 is 0.